The van der Waals surface area contributed by atoms with Crippen molar-refractivity contribution in [1.82, 2.24) is 0 Å². The molecule has 96 valence electrons. The van der Waals surface area contributed by atoms with Crippen molar-refractivity contribution in [1.29, 1.82) is 0 Å². The van der Waals surface area contributed by atoms with E-state index in [0.717, 1.165) is 11.3 Å². The number of benzene rings is 1. The highest BCUT2D eigenvalue weighted by molar-refractivity contribution is 14.1. The first-order valence-corrected chi connectivity index (χ1v) is 7.53. The fourth-order valence-corrected chi connectivity index (χ4v) is 2.54. The molecule has 2 nitrogen and oxygen atoms in total. The topological polar surface area (TPSA) is 18.5 Å². The van der Waals surface area contributed by atoms with E-state index in [1.807, 2.05) is 24.3 Å². The monoisotopic (exact) mass is 388 g/mol. The number of rotatable bonds is 7. The number of ether oxygens (including phenoxy) is 2. The molecule has 0 aliphatic carbocycles. The summed E-state index contributed by atoms with van der Waals surface area (Å²) in [4.78, 5) is 0. The van der Waals surface area contributed by atoms with Crippen LogP contribution in [0.4, 0.5) is 0 Å². The van der Waals surface area contributed by atoms with Crippen LogP contribution in [0.5, 0.6) is 5.75 Å². The number of halogens is 3. The van der Waals surface area contributed by atoms with Crippen molar-refractivity contribution in [3.8, 4) is 5.75 Å². The number of methoxy groups -OCH3 is 1. The molecular formula is C12H15Cl2IO2. The van der Waals surface area contributed by atoms with Crippen molar-refractivity contribution in [2.75, 3.05) is 18.9 Å². The van der Waals surface area contributed by atoms with Crippen molar-refractivity contribution in [3.05, 3.63) is 29.8 Å². The third kappa shape index (κ3) is 5.20. The molecule has 2 atom stereocenters. The van der Waals surface area contributed by atoms with Crippen LogP contribution in [0.15, 0.2) is 24.3 Å². The molecule has 2 unspecified atom stereocenters. The Bertz CT molecular complexity index is 319. The van der Waals surface area contributed by atoms with Crippen LogP contribution in [0.1, 0.15) is 5.56 Å². The lowest BCUT2D eigenvalue weighted by Gasteiger charge is -2.19. The van der Waals surface area contributed by atoms with E-state index in [9.17, 15) is 0 Å². The molecule has 0 bridgehead atoms. The minimum Gasteiger partial charge on any atom is -0.497 e. The number of alkyl halides is 3. The first-order valence-electron chi connectivity index (χ1n) is 5.21. The Balaban J connectivity index is 2.47. The molecule has 0 saturated heterocycles. The summed E-state index contributed by atoms with van der Waals surface area (Å²) in [5.41, 5.74) is 1.10. The van der Waals surface area contributed by atoms with Crippen LogP contribution in [-0.4, -0.2) is 28.9 Å². The van der Waals surface area contributed by atoms with Gasteiger partial charge in [-0.3, -0.25) is 0 Å². The average molecular weight is 389 g/mol. The Kier molecular flexibility index (Phi) is 7.59. The van der Waals surface area contributed by atoms with Crippen LogP contribution in [0.3, 0.4) is 0 Å². The van der Waals surface area contributed by atoms with E-state index in [1.165, 1.54) is 0 Å². The lowest BCUT2D eigenvalue weighted by Crippen LogP contribution is -2.27. The van der Waals surface area contributed by atoms with E-state index < -0.39 is 0 Å². The molecular weight excluding hydrogens is 374 g/mol. The third-order valence-corrected chi connectivity index (χ3v) is 4.73. The Hall–Kier alpha value is 0.290. The maximum Gasteiger partial charge on any atom is 0.118 e. The van der Waals surface area contributed by atoms with Gasteiger partial charge in [0.2, 0.25) is 0 Å². The van der Waals surface area contributed by atoms with E-state index in [-0.39, 0.29) is 10.0 Å². The molecule has 1 rings (SSSR count). The predicted molar refractivity (Wildman–Crippen MR) is 80.8 cm³/mol. The van der Waals surface area contributed by atoms with Crippen molar-refractivity contribution >= 4 is 45.8 Å². The molecule has 5 heteroatoms. The van der Waals surface area contributed by atoms with Crippen LogP contribution in [-0.2, 0) is 11.3 Å². The van der Waals surface area contributed by atoms with Gasteiger partial charge in [-0.1, -0.05) is 34.7 Å². The lowest BCUT2D eigenvalue weighted by molar-refractivity contribution is 0.0599. The SMILES string of the molecule is COc1ccc(COC(CCl)C(I)CCl)cc1. The summed E-state index contributed by atoms with van der Waals surface area (Å²) in [6, 6.07) is 7.79. The molecule has 0 fully saturated rings. The van der Waals surface area contributed by atoms with Gasteiger partial charge in [0, 0.05) is 11.8 Å². The fraction of sp³-hybridized carbons (Fsp3) is 0.500. The van der Waals surface area contributed by atoms with Gasteiger partial charge in [0.05, 0.1) is 23.7 Å². The number of hydrogen-bond acceptors (Lipinski definition) is 2. The second-order valence-corrected chi connectivity index (χ2v) is 5.74. The van der Waals surface area contributed by atoms with Gasteiger partial charge < -0.3 is 9.47 Å². The van der Waals surface area contributed by atoms with Gasteiger partial charge >= 0.3 is 0 Å². The molecule has 1 aromatic carbocycles. The average Bonchev–Trinajstić information content (AvgIpc) is 2.39. The Labute approximate surface area is 126 Å². The van der Waals surface area contributed by atoms with Gasteiger partial charge in [0.1, 0.15) is 5.75 Å². The molecule has 0 saturated carbocycles. The molecule has 0 heterocycles. The van der Waals surface area contributed by atoms with Gasteiger partial charge in [0.15, 0.2) is 0 Å². The number of hydrogen-bond donors (Lipinski definition) is 0. The summed E-state index contributed by atoms with van der Waals surface area (Å²) in [5, 5.41) is 0. The molecule has 0 spiro atoms. The van der Waals surface area contributed by atoms with E-state index in [2.05, 4.69) is 22.6 Å². The first-order chi connectivity index (χ1) is 8.21. The highest BCUT2D eigenvalue weighted by Gasteiger charge is 2.17. The first kappa shape index (κ1) is 15.3. The zero-order valence-corrected chi connectivity index (χ0v) is 13.2. The maximum absolute atomic E-state index is 5.85. The quantitative estimate of drug-likeness (QED) is 0.521. The summed E-state index contributed by atoms with van der Waals surface area (Å²) in [7, 11) is 1.65. The molecule has 0 aromatic heterocycles. The van der Waals surface area contributed by atoms with E-state index in [1.54, 1.807) is 7.11 Å². The second-order valence-electron chi connectivity index (χ2n) is 3.52. The lowest BCUT2D eigenvalue weighted by atomic mass is 10.2. The summed E-state index contributed by atoms with van der Waals surface area (Å²) in [5.74, 6) is 1.84. The van der Waals surface area contributed by atoms with Crippen molar-refractivity contribution in [2.24, 2.45) is 0 Å². The summed E-state index contributed by atoms with van der Waals surface area (Å²) >= 11 is 13.9. The van der Waals surface area contributed by atoms with E-state index in [0.29, 0.717) is 18.4 Å². The standard InChI is InChI=1S/C12H15Cl2IO2/c1-16-10-4-2-9(3-5-10)8-17-12(7-14)11(15)6-13/h2-5,11-12H,6-8H2,1H3. The van der Waals surface area contributed by atoms with E-state index in [4.69, 9.17) is 32.7 Å². The van der Waals surface area contributed by atoms with Crippen LogP contribution in [0.2, 0.25) is 0 Å². The van der Waals surface area contributed by atoms with Gasteiger partial charge in [0.25, 0.3) is 0 Å². The second kappa shape index (κ2) is 8.40. The highest BCUT2D eigenvalue weighted by Crippen LogP contribution is 2.17. The summed E-state index contributed by atoms with van der Waals surface area (Å²) in [6.45, 7) is 0.539. The van der Waals surface area contributed by atoms with Gasteiger partial charge in [-0.05, 0) is 17.7 Å². The van der Waals surface area contributed by atoms with Crippen LogP contribution >= 0.6 is 45.8 Å². The van der Waals surface area contributed by atoms with Gasteiger partial charge in [-0.2, -0.15) is 0 Å². The molecule has 1 aromatic rings. The zero-order chi connectivity index (χ0) is 12.7. The van der Waals surface area contributed by atoms with Crippen molar-refractivity contribution in [2.45, 2.75) is 16.6 Å². The van der Waals surface area contributed by atoms with E-state index >= 15 is 0 Å². The predicted octanol–water partition coefficient (Wildman–Crippen LogP) is 3.86. The van der Waals surface area contributed by atoms with Crippen LogP contribution in [0, 0.1) is 0 Å². The Morgan fingerprint density at radius 1 is 1.18 bits per heavy atom. The fourth-order valence-electron chi connectivity index (χ4n) is 1.27. The smallest absolute Gasteiger partial charge is 0.118 e. The van der Waals surface area contributed by atoms with Crippen molar-refractivity contribution in [3.63, 3.8) is 0 Å². The molecule has 0 aliphatic rings. The normalized spacial score (nSPS) is 14.4. The molecule has 0 amide bonds. The van der Waals surface area contributed by atoms with Gasteiger partial charge in [-0.25, -0.2) is 0 Å². The minimum absolute atomic E-state index is 0.0168. The Morgan fingerprint density at radius 2 is 1.82 bits per heavy atom. The molecule has 0 aliphatic heterocycles. The van der Waals surface area contributed by atoms with Gasteiger partial charge in [-0.15, -0.1) is 23.2 Å². The maximum atomic E-state index is 5.85. The largest absolute Gasteiger partial charge is 0.497 e. The zero-order valence-electron chi connectivity index (χ0n) is 9.54. The minimum atomic E-state index is -0.0168. The summed E-state index contributed by atoms with van der Waals surface area (Å²) < 4.78 is 11.1. The summed E-state index contributed by atoms with van der Waals surface area (Å²) in [6.07, 6.45) is -0.0168. The Morgan fingerprint density at radius 3 is 2.29 bits per heavy atom. The molecule has 17 heavy (non-hydrogen) atoms. The third-order valence-electron chi connectivity index (χ3n) is 2.33. The highest BCUT2D eigenvalue weighted by atomic mass is 127. The van der Waals surface area contributed by atoms with Crippen LogP contribution in [0.25, 0.3) is 0 Å². The van der Waals surface area contributed by atoms with Crippen LogP contribution < -0.4 is 4.74 Å². The van der Waals surface area contributed by atoms with Crippen molar-refractivity contribution < 1.29 is 9.47 Å². The molecule has 0 radical (unpaired) electrons. The molecule has 0 N–H and O–H groups in total.